The number of rotatable bonds is 2. The molecule has 1 fully saturated rings. The highest BCUT2D eigenvalue weighted by Crippen LogP contribution is 2.27. The topological polar surface area (TPSA) is 81.8 Å². The summed E-state index contributed by atoms with van der Waals surface area (Å²) >= 11 is 0. The Bertz CT molecular complexity index is 192. The number of nitrogens with two attached hydrogens (primary N) is 1. The van der Waals surface area contributed by atoms with E-state index in [0.717, 1.165) is 0 Å². The fourth-order valence-corrected chi connectivity index (χ4v) is 1.22. The maximum Gasteiger partial charge on any atom is 0.335 e. The molecule has 0 aromatic rings. The molecule has 0 aromatic carbocycles. The van der Waals surface area contributed by atoms with Gasteiger partial charge in [-0.15, -0.1) is 0 Å². The monoisotopic (exact) mass is 175 g/mol. The average molecular weight is 175 g/mol. The van der Waals surface area contributed by atoms with E-state index in [4.69, 9.17) is 20.3 Å². The zero-order valence-electron chi connectivity index (χ0n) is 7.11. The van der Waals surface area contributed by atoms with Crippen LogP contribution in [-0.4, -0.2) is 35.6 Å². The molecule has 5 nitrogen and oxygen atoms in total. The molecule has 3 N–H and O–H groups in total. The Morgan fingerprint density at radius 2 is 2.17 bits per heavy atom. The van der Waals surface area contributed by atoms with Crippen molar-refractivity contribution in [3.05, 3.63) is 0 Å². The van der Waals surface area contributed by atoms with Gasteiger partial charge >= 0.3 is 5.97 Å². The number of ether oxygens (including phenoxy) is 2. The van der Waals surface area contributed by atoms with Crippen LogP contribution in [0.2, 0.25) is 0 Å². The Balaban J connectivity index is 2.69. The fraction of sp³-hybridized carbons (Fsp3) is 0.857. The Morgan fingerprint density at radius 1 is 1.58 bits per heavy atom. The number of carboxylic acids is 1. The summed E-state index contributed by atoms with van der Waals surface area (Å²) in [6.45, 7) is 3.48. The molecule has 0 radical (unpaired) electrons. The molecule has 70 valence electrons. The number of carbonyl (C=O) groups is 1. The quantitative estimate of drug-likeness (QED) is 0.594. The van der Waals surface area contributed by atoms with Crippen molar-refractivity contribution in [2.24, 2.45) is 5.73 Å². The molecular formula is C7H13NO4. The van der Waals surface area contributed by atoms with Crippen LogP contribution in [0.1, 0.15) is 13.8 Å². The minimum absolute atomic E-state index is 0.153. The van der Waals surface area contributed by atoms with E-state index < -0.39 is 24.0 Å². The third-order valence-corrected chi connectivity index (χ3v) is 1.66. The Morgan fingerprint density at radius 3 is 2.50 bits per heavy atom. The van der Waals surface area contributed by atoms with Crippen molar-refractivity contribution in [3.8, 4) is 0 Å². The van der Waals surface area contributed by atoms with E-state index in [1.807, 2.05) is 0 Å². The first kappa shape index (κ1) is 9.44. The second-order valence-electron chi connectivity index (χ2n) is 3.17. The van der Waals surface area contributed by atoms with E-state index in [1.165, 1.54) is 0 Å². The lowest BCUT2D eigenvalue weighted by Crippen LogP contribution is -2.36. The molecular weight excluding hydrogens is 162 g/mol. The van der Waals surface area contributed by atoms with Crippen molar-refractivity contribution < 1.29 is 19.4 Å². The van der Waals surface area contributed by atoms with Crippen LogP contribution in [0.5, 0.6) is 0 Å². The van der Waals surface area contributed by atoms with Crippen molar-refractivity contribution in [1.29, 1.82) is 0 Å². The van der Waals surface area contributed by atoms with Gasteiger partial charge in [0.1, 0.15) is 6.10 Å². The van der Waals surface area contributed by atoms with Crippen molar-refractivity contribution >= 4 is 5.97 Å². The van der Waals surface area contributed by atoms with Gasteiger partial charge in [-0.25, -0.2) is 4.79 Å². The highest BCUT2D eigenvalue weighted by molar-refractivity contribution is 5.73. The maximum absolute atomic E-state index is 10.6. The zero-order valence-corrected chi connectivity index (χ0v) is 7.11. The average Bonchev–Trinajstić information content (AvgIpc) is 2.25. The molecule has 1 aliphatic rings. The molecule has 12 heavy (non-hydrogen) atoms. The Hall–Kier alpha value is -0.650. The lowest BCUT2D eigenvalue weighted by molar-refractivity contribution is -0.165. The molecule has 1 aliphatic heterocycles. The van der Waals surface area contributed by atoms with E-state index in [0.29, 0.717) is 0 Å². The van der Waals surface area contributed by atoms with Gasteiger partial charge in [0.15, 0.2) is 11.9 Å². The van der Waals surface area contributed by atoms with E-state index in [1.54, 1.807) is 13.8 Å². The van der Waals surface area contributed by atoms with Crippen LogP contribution in [-0.2, 0) is 14.3 Å². The summed E-state index contributed by atoms with van der Waals surface area (Å²) in [5, 5.41) is 8.69. The van der Waals surface area contributed by atoms with Gasteiger partial charge in [-0.1, -0.05) is 0 Å². The molecule has 2 atom stereocenters. The normalized spacial score (nSPS) is 33.6. The lowest BCUT2D eigenvalue weighted by Gasteiger charge is -2.15. The molecule has 0 spiro atoms. The smallest absolute Gasteiger partial charge is 0.335 e. The largest absolute Gasteiger partial charge is 0.479 e. The highest BCUT2D eigenvalue weighted by Gasteiger charge is 2.44. The molecule has 0 unspecified atom stereocenters. The van der Waals surface area contributed by atoms with Crippen LogP contribution in [0.4, 0.5) is 0 Å². The second-order valence-corrected chi connectivity index (χ2v) is 3.17. The van der Waals surface area contributed by atoms with Gasteiger partial charge in [0.2, 0.25) is 0 Å². The Labute approximate surface area is 70.4 Å². The Kier molecular flexibility index (Phi) is 2.36. The predicted molar refractivity (Wildman–Crippen MR) is 40.5 cm³/mol. The number of hydrogen-bond acceptors (Lipinski definition) is 4. The molecule has 0 saturated carbocycles. The molecule has 1 rings (SSSR count). The summed E-state index contributed by atoms with van der Waals surface area (Å²) in [7, 11) is 0. The van der Waals surface area contributed by atoms with Crippen LogP contribution in [0.15, 0.2) is 0 Å². The SMILES string of the molecule is CC1(C)O[C@@H](CN)[C@H](C(=O)O)O1. The summed E-state index contributed by atoms with van der Waals surface area (Å²) in [5.41, 5.74) is 5.31. The first-order valence-electron chi connectivity index (χ1n) is 3.75. The molecule has 1 saturated heterocycles. The van der Waals surface area contributed by atoms with E-state index in [2.05, 4.69) is 0 Å². The molecule has 0 aromatic heterocycles. The first-order chi connectivity index (χ1) is 5.46. The van der Waals surface area contributed by atoms with Crippen LogP contribution in [0.25, 0.3) is 0 Å². The predicted octanol–water partition coefficient (Wildman–Crippen LogP) is -0.450. The summed E-state index contributed by atoms with van der Waals surface area (Å²) in [6.07, 6.45) is -1.48. The number of hydrogen-bond donors (Lipinski definition) is 2. The van der Waals surface area contributed by atoms with Gasteiger partial charge in [0.25, 0.3) is 0 Å². The minimum atomic E-state index is -1.03. The summed E-state index contributed by atoms with van der Waals surface area (Å²) in [4.78, 5) is 10.6. The summed E-state index contributed by atoms with van der Waals surface area (Å²) < 4.78 is 10.4. The summed E-state index contributed by atoms with van der Waals surface area (Å²) in [5.74, 6) is -1.87. The van der Waals surface area contributed by atoms with Gasteiger partial charge < -0.3 is 20.3 Å². The van der Waals surface area contributed by atoms with Gasteiger partial charge in [-0.05, 0) is 13.8 Å². The van der Waals surface area contributed by atoms with Crippen LogP contribution in [0, 0.1) is 0 Å². The minimum Gasteiger partial charge on any atom is -0.479 e. The molecule has 5 heteroatoms. The molecule has 0 amide bonds. The maximum atomic E-state index is 10.6. The number of carboxylic acid groups (broad SMARTS) is 1. The zero-order chi connectivity index (χ0) is 9.35. The second kappa shape index (κ2) is 3.01. The third kappa shape index (κ3) is 1.74. The van der Waals surface area contributed by atoms with Gasteiger partial charge in [-0.3, -0.25) is 0 Å². The van der Waals surface area contributed by atoms with Crippen LogP contribution < -0.4 is 5.73 Å². The van der Waals surface area contributed by atoms with Gasteiger partial charge in [-0.2, -0.15) is 0 Å². The highest BCUT2D eigenvalue weighted by atomic mass is 16.8. The van der Waals surface area contributed by atoms with Gasteiger partial charge in [0.05, 0.1) is 0 Å². The summed E-state index contributed by atoms with van der Waals surface area (Å²) in [6, 6.07) is 0. The standard InChI is InChI=1S/C7H13NO4/c1-7(2)11-4(3-8)5(12-7)6(9)10/h4-5H,3,8H2,1-2H3,(H,9,10)/t4-,5+/m0/s1. The first-order valence-corrected chi connectivity index (χ1v) is 3.75. The van der Waals surface area contributed by atoms with Crippen molar-refractivity contribution in [1.82, 2.24) is 0 Å². The number of aliphatic carboxylic acids is 1. The van der Waals surface area contributed by atoms with Crippen molar-refractivity contribution in [2.45, 2.75) is 31.8 Å². The fourth-order valence-electron chi connectivity index (χ4n) is 1.22. The van der Waals surface area contributed by atoms with E-state index >= 15 is 0 Å². The van der Waals surface area contributed by atoms with Crippen molar-refractivity contribution in [3.63, 3.8) is 0 Å². The van der Waals surface area contributed by atoms with Crippen LogP contribution >= 0.6 is 0 Å². The van der Waals surface area contributed by atoms with Gasteiger partial charge in [0, 0.05) is 6.54 Å². The van der Waals surface area contributed by atoms with Crippen molar-refractivity contribution in [2.75, 3.05) is 6.54 Å². The van der Waals surface area contributed by atoms with Crippen LogP contribution in [0.3, 0.4) is 0 Å². The molecule has 0 aliphatic carbocycles. The molecule has 0 bridgehead atoms. The van der Waals surface area contributed by atoms with E-state index in [9.17, 15) is 4.79 Å². The third-order valence-electron chi connectivity index (χ3n) is 1.66. The van der Waals surface area contributed by atoms with E-state index in [-0.39, 0.29) is 6.54 Å². The lowest BCUT2D eigenvalue weighted by atomic mass is 10.2. The molecule has 1 heterocycles.